The Morgan fingerprint density at radius 2 is 1.80 bits per heavy atom. The SMILES string of the molecule is CCCCCc1c(-c2ccc(Br)cc2)c(C(N)=O)c(C)n1CCCN1CCOCC1. The molecule has 0 bridgehead atoms. The van der Waals surface area contributed by atoms with Crippen LogP contribution >= 0.6 is 15.9 Å². The number of primary amides is 1. The molecule has 1 aromatic carbocycles. The van der Waals surface area contributed by atoms with E-state index in [2.05, 4.69) is 44.5 Å². The molecule has 5 nitrogen and oxygen atoms in total. The topological polar surface area (TPSA) is 60.5 Å². The molecule has 1 saturated heterocycles. The van der Waals surface area contributed by atoms with E-state index >= 15 is 0 Å². The fourth-order valence-corrected chi connectivity index (χ4v) is 4.67. The summed E-state index contributed by atoms with van der Waals surface area (Å²) in [5, 5.41) is 0. The molecule has 2 N–H and O–H groups in total. The number of carbonyl (C=O) groups is 1. The summed E-state index contributed by atoms with van der Waals surface area (Å²) >= 11 is 3.52. The Morgan fingerprint density at radius 1 is 1.10 bits per heavy atom. The van der Waals surface area contributed by atoms with Crippen LogP contribution in [0.2, 0.25) is 0 Å². The molecule has 1 fully saturated rings. The van der Waals surface area contributed by atoms with Crippen molar-refractivity contribution in [2.45, 2.75) is 52.5 Å². The van der Waals surface area contributed by atoms with E-state index in [1.165, 1.54) is 18.5 Å². The van der Waals surface area contributed by atoms with Gasteiger partial charge >= 0.3 is 0 Å². The van der Waals surface area contributed by atoms with Crippen molar-refractivity contribution in [3.05, 3.63) is 45.7 Å². The Labute approximate surface area is 188 Å². The Bertz CT molecular complexity index is 839. The molecule has 1 aliphatic heterocycles. The maximum Gasteiger partial charge on any atom is 0.251 e. The largest absolute Gasteiger partial charge is 0.379 e. The summed E-state index contributed by atoms with van der Waals surface area (Å²) in [6.45, 7) is 9.87. The van der Waals surface area contributed by atoms with Gasteiger partial charge in [-0.1, -0.05) is 47.8 Å². The summed E-state index contributed by atoms with van der Waals surface area (Å²) in [7, 11) is 0. The number of halogens is 1. The van der Waals surface area contributed by atoms with E-state index in [1.54, 1.807) is 0 Å². The molecular formula is C24H34BrN3O2. The Balaban J connectivity index is 1.93. The van der Waals surface area contributed by atoms with E-state index in [0.717, 1.165) is 79.9 Å². The molecule has 164 valence electrons. The maximum absolute atomic E-state index is 12.5. The number of morpholine rings is 1. The van der Waals surface area contributed by atoms with Crippen molar-refractivity contribution in [3.8, 4) is 11.1 Å². The van der Waals surface area contributed by atoms with Crippen molar-refractivity contribution in [3.63, 3.8) is 0 Å². The van der Waals surface area contributed by atoms with Crippen molar-refractivity contribution in [2.24, 2.45) is 5.73 Å². The molecule has 2 aromatic rings. The quantitative estimate of drug-likeness (QED) is 0.502. The lowest BCUT2D eigenvalue weighted by molar-refractivity contribution is 0.0369. The van der Waals surface area contributed by atoms with Crippen molar-refractivity contribution in [1.29, 1.82) is 0 Å². The van der Waals surface area contributed by atoms with Crippen molar-refractivity contribution in [2.75, 3.05) is 32.8 Å². The fourth-order valence-electron chi connectivity index (χ4n) is 4.41. The second-order valence-electron chi connectivity index (χ2n) is 8.07. The summed E-state index contributed by atoms with van der Waals surface area (Å²) in [5.74, 6) is -0.339. The van der Waals surface area contributed by atoms with Crippen LogP contribution in [0.5, 0.6) is 0 Å². The Hall–Kier alpha value is -1.63. The number of rotatable bonds is 10. The molecule has 2 heterocycles. The van der Waals surface area contributed by atoms with Gasteiger partial charge in [-0.05, 0) is 43.9 Å². The molecule has 1 aromatic heterocycles. The van der Waals surface area contributed by atoms with Crippen LogP contribution in [-0.2, 0) is 17.7 Å². The summed E-state index contributed by atoms with van der Waals surface area (Å²) in [4.78, 5) is 14.9. The number of hydrogen-bond donors (Lipinski definition) is 1. The molecule has 3 rings (SSSR count). The van der Waals surface area contributed by atoms with Crippen LogP contribution in [0, 0.1) is 6.92 Å². The van der Waals surface area contributed by atoms with Gasteiger partial charge in [0.1, 0.15) is 0 Å². The lowest BCUT2D eigenvalue weighted by atomic mass is 9.97. The van der Waals surface area contributed by atoms with Gasteiger partial charge in [-0.3, -0.25) is 9.69 Å². The number of benzene rings is 1. The van der Waals surface area contributed by atoms with Crippen LogP contribution in [0.15, 0.2) is 28.7 Å². The average molecular weight is 476 g/mol. The van der Waals surface area contributed by atoms with E-state index in [-0.39, 0.29) is 5.91 Å². The third kappa shape index (κ3) is 5.54. The molecule has 0 atom stereocenters. The van der Waals surface area contributed by atoms with E-state index in [9.17, 15) is 4.79 Å². The number of nitrogens with two attached hydrogens (primary N) is 1. The van der Waals surface area contributed by atoms with Crippen molar-refractivity contribution < 1.29 is 9.53 Å². The van der Waals surface area contributed by atoms with Crippen LogP contribution in [0.4, 0.5) is 0 Å². The van der Waals surface area contributed by atoms with Gasteiger partial charge < -0.3 is 15.0 Å². The third-order valence-electron chi connectivity index (χ3n) is 5.99. The van der Waals surface area contributed by atoms with Gasteiger partial charge in [-0.15, -0.1) is 0 Å². The molecule has 6 heteroatoms. The summed E-state index contributed by atoms with van der Waals surface area (Å²) < 4.78 is 8.84. The Kier molecular flexibility index (Phi) is 8.54. The van der Waals surface area contributed by atoms with Crippen LogP contribution in [0.1, 0.15) is 54.4 Å². The smallest absolute Gasteiger partial charge is 0.251 e. The van der Waals surface area contributed by atoms with Gasteiger partial charge in [0.05, 0.1) is 18.8 Å². The Morgan fingerprint density at radius 3 is 2.43 bits per heavy atom. The van der Waals surface area contributed by atoms with E-state index in [4.69, 9.17) is 10.5 Å². The first-order valence-corrected chi connectivity index (χ1v) is 11.9. The molecule has 1 aliphatic rings. The zero-order valence-electron chi connectivity index (χ0n) is 18.3. The molecule has 0 radical (unpaired) electrons. The lowest BCUT2D eigenvalue weighted by Crippen LogP contribution is -2.37. The maximum atomic E-state index is 12.5. The van der Waals surface area contributed by atoms with Gasteiger partial charge in [-0.25, -0.2) is 0 Å². The number of unbranched alkanes of at least 4 members (excludes halogenated alkanes) is 2. The average Bonchev–Trinajstić information content (AvgIpc) is 3.01. The molecule has 1 amide bonds. The number of nitrogens with zero attached hydrogens (tertiary/aromatic N) is 2. The minimum absolute atomic E-state index is 0.339. The van der Waals surface area contributed by atoms with Crippen LogP contribution in [-0.4, -0.2) is 48.2 Å². The molecule has 0 unspecified atom stereocenters. The van der Waals surface area contributed by atoms with Crippen LogP contribution < -0.4 is 5.73 Å². The van der Waals surface area contributed by atoms with E-state index in [1.807, 2.05) is 19.1 Å². The molecule has 0 aliphatic carbocycles. The van der Waals surface area contributed by atoms with Gasteiger partial charge in [0.15, 0.2) is 0 Å². The summed E-state index contributed by atoms with van der Waals surface area (Å²) in [5.41, 5.74) is 10.9. The van der Waals surface area contributed by atoms with Crippen LogP contribution in [0.25, 0.3) is 11.1 Å². The van der Waals surface area contributed by atoms with Gasteiger partial charge in [0.25, 0.3) is 5.91 Å². The zero-order chi connectivity index (χ0) is 21.5. The highest BCUT2D eigenvalue weighted by molar-refractivity contribution is 9.10. The zero-order valence-corrected chi connectivity index (χ0v) is 19.8. The predicted molar refractivity (Wildman–Crippen MR) is 126 cm³/mol. The minimum Gasteiger partial charge on any atom is -0.379 e. The highest BCUT2D eigenvalue weighted by Gasteiger charge is 2.24. The standard InChI is InChI=1S/C24H34BrN3O2/c1-3-4-5-7-21-23(19-8-10-20(25)11-9-19)22(24(26)29)18(2)28(21)13-6-12-27-14-16-30-17-15-27/h8-11H,3-7,12-17H2,1-2H3,(H2,26,29). The monoisotopic (exact) mass is 475 g/mol. The molecule has 0 spiro atoms. The number of amides is 1. The summed E-state index contributed by atoms with van der Waals surface area (Å²) in [6.07, 6.45) is 5.49. The van der Waals surface area contributed by atoms with Gasteiger partial charge in [-0.2, -0.15) is 0 Å². The highest BCUT2D eigenvalue weighted by Crippen LogP contribution is 2.34. The number of hydrogen-bond acceptors (Lipinski definition) is 3. The first kappa shape index (κ1) is 23.0. The highest BCUT2D eigenvalue weighted by atomic mass is 79.9. The molecule has 30 heavy (non-hydrogen) atoms. The van der Waals surface area contributed by atoms with Crippen molar-refractivity contribution >= 4 is 21.8 Å². The number of carbonyl (C=O) groups excluding carboxylic acids is 1. The molecule has 0 saturated carbocycles. The minimum atomic E-state index is -0.339. The van der Waals surface area contributed by atoms with Gasteiger partial charge in [0.2, 0.25) is 0 Å². The first-order chi connectivity index (χ1) is 14.5. The second-order valence-corrected chi connectivity index (χ2v) is 8.99. The first-order valence-electron chi connectivity index (χ1n) is 11.1. The van der Waals surface area contributed by atoms with E-state index < -0.39 is 0 Å². The molecular weight excluding hydrogens is 442 g/mol. The third-order valence-corrected chi connectivity index (χ3v) is 6.52. The summed E-state index contributed by atoms with van der Waals surface area (Å²) in [6, 6.07) is 8.21. The predicted octanol–water partition coefficient (Wildman–Crippen LogP) is 4.78. The van der Waals surface area contributed by atoms with Crippen molar-refractivity contribution in [1.82, 2.24) is 9.47 Å². The lowest BCUT2D eigenvalue weighted by Gasteiger charge is -2.26. The number of aromatic nitrogens is 1. The second kappa shape index (κ2) is 11.1. The van der Waals surface area contributed by atoms with Gasteiger partial charge in [0, 0.05) is 47.6 Å². The van der Waals surface area contributed by atoms with E-state index in [0.29, 0.717) is 5.56 Å². The fraction of sp³-hybridized carbons (Fsp3) is 0.542. The normalized spacial score (nSPS) is 14.9. The van der Waals surface area contributed by atoms with Crippen LogP contribution in [0.3, 0.4) is 0 Å². The number of ether oxygens (including phenoxy) is 1.